The molecule has 0 saturated carbocycles. The minimum atomic E-state index is -0.233. The van der Waals surface area contributed by atoms with Crippen LogP contribution in [0.4, 0.5) is 11.4 Å². The van der Waals surface area contributed by atoms with Crippen LogP contribution in [-0.2, 0) is 14.9 Å². The predicted octanol–water partition coefficient (Wildman–Crippen LogP) is 6.32. The first-order valence-corrected chi connectivity index (χ1v) is 14.7. The molecule has 0 radical (unpaired) electrons. The maximum atomic E-state index is 12.3. The molecule has 0 aromatic heterocycles. The van der Waals surface area contributed by atoms with Crippen LogP contribution in [0.1, 0.15) is 57.1 Å². The molecule has 1 saturated heterocycles. The molecule has 7 heteroatoms. The van der Waals surface area contributed by atoms with Crippen molar-refractivity contribution in [3.8, 4) is 5.75 Å². The number of unbranched alkanes of at least 4 members (excludes halogenated alkanes) is 1. The molecule has 0 amide bonds. The van der Waals surface area contributed by atoms with Crippen molar-refractivity contribution in [2.24, 2.45) is 0 Å². The summed E-state index contributed by atoms with van der Waals surface area (Å²) in [5.74, 6) is 1.32. The zero-order valence-electron chi connectivity index (χ0n) is 20.5. The van der Waals surface area contributed by atoms with Crippen LogP contribution >= 0.6 is 21.6 Å². The fourth-order valence-electron chi connectivity index (χ4n) is 4.79. The summed E-state index contributed by atoms with van der Waals surface area (Å²) in [6.07, 6.45) is 8.88. The number of para-hydroxylation sites is 1. The minimum absolute atomic E-state index is 0.119. The highest BCUT2D eigenvalue weighted by atomic mass is 33.1. The Morgan fingerprint density at radius 1 is 1.23 bits per heavy atom. The highest BCUT2D eigenvalue weighted by Gasteiger charge is 2.44. The number of benzene rings is 2. The van der Waals surface area contributed by atoms with Crippen molar-refractivity contribution in [2.75, 3.05) is 24.6 Å². The van der Waals surface area contributed by atoms with E-state index in [9.17, 15) is 9.90 Å². The van der Waals surface area contributed by atoms with E-state index in [1.54, 1.807) is 18.2 Å². The molecule has 186 valence electrons. The monoisotopic (exact) mass is 511 g/mol. The number of allylic oxidation sites excluding steroid dienone is 1. The van der Waals surface area contributed by atoms with E-state index in [4.69, 9.17) is 10.5 Å². The van der Waals surface area contributed by atoms with Gasteiger partial charge in [0, 0.05) is 46.4 Å². The summed E-state index contributed by atoms with van der Waals surface area (Å²) in [7, 11) is 3.96. The molecule has 0 aliphatic carbocycles. The lowest BCUT2D eigenvalue weighted by Crippen LogP contribution is -2.29. The number of ether oxygens (including phenoxy) is 1. The van der Waals surface area contributed by atoms with Crippen molar-refractivity contribution < 1.29 is 19.2 Å². The quantitative estimate of drug-likeness (QED) is 0.0971. The van der Waals surface area contributed by atoms with Crippen LogP contribution in [0, 0.1) is 0 Å². The summed E-state index contributed by atoms with van der Waals surface area (Å²) < 4.78 is 7.84. The number of hydrogen-bond acceptors (Lipinski definition) is 6. The number of hydrogen-bond donors (Lipinski definition) is 2. The number of anilines is 1. The molecule has 4 rings (SSSR count). The zero-order chi connectivity index (χ0) is 24.8. The molecule has 2 aromatic carbocycles. The second kappa shape index (κ2) is 11.6. The van der Waals surface area contributed by atoms with Crippen LogP contribution in [0.3, 0.4) is 0 Å². The summed E-state index contributed by atoms with van der Waals surface area (Å²) in [5.41, 5.74) is 10.4. The molecule has 1 unspecified atom stereocenters. The van der Waals surface area contributed by atoms with Gasteiger partial charge in [-0.25, -0.2) is 0 Å². The van der Waals surface area contributed by atoms with E-state index in [-0.39, 0.29) is 17.1 Å². The Bertz CT molecular complexity index is 1120. The van der Waals surface area contributed by atoms with Gasteiger partial charge in [-0.05, 0) is 57.4 Å². The SMILES string of the molecule is CC1(C)C(/C=C/c2cc(N)ccc2O)=[N+](CCOC(=O)CCCCC2CCSS2)c2ccccc21. The van der Waals surface area contributed by atoms with Gasteiger partial charge in [-0.1, -0.05) is 46.2 Å². The Labute approximate surface area is 216 Å². The van der Waals surface area contributed by atoms with Gasteiger partial charge in [0.2, 0.25) is 5.69 Å². The van der Waals surface area contributed by atoms with Crippen molar-refractivity contribution in [1.82, 2.24) is 0 Å². The van der Waals surface area contributed by atoms with Crippen molar-refractivity contribution in [1.29, 1.82) is 0 Å². The number of carbonyl (C=O) groups excluding carboxylic acids is 1. The molecule has 0 spiro atoms. The lowest BCUT2D eigenvalue weighted by molar-refractivity contribution is -0.440. The fourth-order valence-corrected chi connectivity index (χ4v) is 7.81. The molecule has 2 aromatic rings. The third-order valence-corrected chi connectivity index (χ3v) is 9.74. The Balaban J connectivity index is 1.42. The molecule has 35 heavy (non-hydrogen) atoms. The number of aromatic hydroxyl groups is 1. The zero-order valence-corrected chi connectivity index (χ0v) is 22.2. The van der Waals surface area contributed by atoms with Gasteiger partial charge in [-0.3, -0.25) is 4.79 Å². The van der Waals surface area contributed by atoms with Crippen LogP contribution in [0.25, 0.3) is 6.08 Å². The summed E-state index contributed by atoms with van der Waals surface area (Å²) in [6.45, 7) is 5.29. The smallest absolute Gasteiger partial charge is 0.306 e. The molecule has 2 aliphatic rings. The van der Waals surface area contributed by atoms with E-state index in [0.29, 0.717) is 30.8 Å². The maximum absolute atomic E-state index is 12.3. The molecule has 3 N–H and O–H groups in total. The molecule has 1 fully saturated rings. The first-order chi connectivity index (χ1) is 16.9. The average Bonchev–Trinajstić information content (AvgIpc) is 3.43. The van der Waals surface area contributed by atoms with Gasteiger partial charge >= 0.3 is 5.97 Å². The van der Waals surface area contributed by atoms with Gasteiger partial charge in [0.1, 0.15) is 5.75 Å². The number of nitrogen functional groups attached to an aromatic ring is 1. The number of fused-ring (bicyclic) bond motifs is 1. The number of nitrogens with zero attached hydrogens (tertiary/aromatic N) is 1. The topological polar surface area (TPSA) is 75.6 Å². The van der Waals surface area contributed by atoms with Crippen molar-refractivity contribution in [3.05, 3.63) is 59.7 Å². The Morgan fingerprint density at radius 3 is 2.86 bits per heavy atom. The van der Waals surface area contributed by atoms with E-state index < -0.39 is 0 Å². The van der Waals surface area contributed by atoms with Gasteiger partial charge in [0.15, 0.2) is 18.9 Å². The first kappa shape index (κ1) is 25.7. The lowest BCUT2D eigenvalue weighted by atomic mass is 9.81. The van der Waals surface area contributed by atoms with Gasteiger partial charge in [-0.2, -0.15) is 4.58 Å². The van der Waals surface area contributed by atoms with Gasteiger partial charge in [0.05, 0.1) is 5.41 Å². The lowest BCUT2D eigenvalue weighted by Gasteiger charge is -2.15. The minimum Gasteiger partial charge on any atom is -0.507 e. The van der Waals surface area contributed by atoms with E-state index in [1.165, 1.54) is 24.2 Å². The first-order valence-electron chi connectivity index (χ1n) is 12.3. The van der Waals surface area contributed by atoms with Crippen molar-refractivity contribution in [3.63, 3.8) is 0 Å². The van der Waals surface area contributed by atoms with E-state index >= 15 is 0 Å². The number of phenols is 1. The van der Waals surface area contributed by atoms with Crippen LogP contribution in [-0.4, -0.2) is 45.5 Å². The number of nitrogens with two attached hydrogens (primary N) is 1. The Morgan fingerprint density at radius 2 is 2.06 bits per heavy atom. The molecule has 2 aliphatic heterocycles. The van der Waals surface area contributed by atoms with Crippen LogP contribution in [0.5, 0.6) is 5.75 Å². The van der Waals surface area contributed by atoms with Gasteiger partial charge in [-0.15, -0.1) is 0 Å². The molecule has 1 atom stereocenters. The fraction of sp³-hybridized carbons (Fsp3) is 0.429. The van der Waals surface area contributed by atoms with E-state index in [0.717, 1.165) is 29.5 Å². The normalized spacial score (nSPS) is 18.9. The molecule has 0 bridgehead atoms. The third-order valence-electron chi connectivity index (χ3n) is 6.73. The number of phenolic OH excluding ortho intramolecular Hbond substituents is 1. The predicted molar refractivity (Wildman–Crippen MR) is 149 cm³/mol. The Hall–Kier alpha value is -2.38. The van der Waals surface area contributed by atoms with Gasteiger partial charge < -0.3 is 15.6 Å². The number of rotatable bonds is 10. The summed E-state index contributed by atoms with van der Waals surface area (Å²) in [5, 5.41) is 11.0. The molecule has 2 heterocycles. The average molecular weight is 512 g/mol. The van der Waals surface area contributed by atoms with E-state index in [1.807, 2.05) is 39.8 Å². The number of carbonyl (C=O) groups is 1. The standard InChI is InChI=1S/C28H34N2O3S2/c1-28(2)23-8-4-5-9-24(23)30(26(28)14-11-20-19-21(29)12-13-25(20)31)16-17-33-27(32)10-6-3-7-22-15-18-34-35-22/h4-5,8-9,11-14,19,22H,3,6-7,10,15-18,29H2,1-2H3/p+1. The summed E-state index contributed by atoms with van der Waals surface area (Å²) in [6, 6.07) is 13.4. The highest BCUT2D eigenvalue weighted by Crippen LogP contribution is 2.41. The largest absolute Gasteiger partial charge is 0.507 e. The Kier molecular flexibility index (Phi) is 8.50. The van der Waals surface area contributed by atoms with Crippen molar-refractivity contribution in [2.45, 2.75) is 56.6 Å². The van der Waals surface area contributed by atoms with Gasteiger partial charge in [0.25, 0.3) is 0 Å². The third kappa shape index (κ3) is 6.25. The summed E-state index contributed by atoms with van der Waals surface area (Å²) >= 11 is 0. The van der Waals surface area contributed by atoms with E-state index in [2.05, 4.69) is 36.6 Å². The molecule has 5 nitrogen and oxygen atoms in total. The summed E-state index contributed by atoms with van der Waals surface area (Å²) in [4.78, 5) is 12.3. The maximum Gasteiger partial charge on any atom is 0.306 e. The molecular weight excluding hydrogens is 476 g/mol. The van der Waals surface area contributed by atoms with Crippen LogP contribution < -0.4 is 5.73 Å². The second-order valence-electron chi connectivity index (χ2n) is 9.63. The van der Waals surface area contributed by atoms with Crippen LogP contribution in [0.2, 0.25) is 0 Å². The molecular formula is C28H35N2O3S2+. The second-order valence-corrected chi connectivity index (χ2v) is 12.4. The highest BCUT2D eigenvalue weighted by molar-refractivity contribution is 8.77. The number of esters is 1. The van der Waals surface area contributed by atoms with Crippen LogP contribution in [0.15, 0.2) is 48.5 Å². The van der Waals surface area contributed by atoms with Crippen molar-refractivity contribution >= 4 is 50.7 Å².